The molecule has 3 N–H and O–H groups in total. The number of hydrogen-bond acceptors (Lipinski definition) is 8. The Morgan fingerprint density at radius 1 is 0.921 bits per heavy atom. The van der Waals surface area contributed by atoms with E-state index in [9.17, 15) is 22.8 Å². The summed E-state index contributed by atoms with van der Waals surface area (Å²) in [5.41, 5.74) is 2.32. The van der Waals surface area contributed by atoms with Crippen molar-refractivity contribution in [3.05, 3.63) is 65.2 Å². The summed E-state index contributed by atoms with van der Waals surface area (Å²) in [6.45, 7) is 5.70. The fourth-order valence-corrected chi connectivity index (χ4v) is 6.36. The quantitative estimate of drug-likeness (QED) is 0.293. The van der Waals surface area contributed by atoms with Gasteiger partial charge in [0.25, 0.3) is 5.91 Å². The van der Waals surface area contributed by atoms with Crippen LogP contribution in [0.2, 0.25) is 0 Å². The number of amides is 3. The van der Waals surface area contributed by atoms with Crippen LogP contribution in [0.5, 0.6) is 0 Å². The molecule has 10 nitrogen and oxygen atoms in total. The predicted molar refractivity (Wildman–Crippen MR) is 152 cm³/mol. The van der Waals surface area contributed by atoms with E-state index in [0.29, 0.717) is 40.9 Å². The number of hydrogen-bond donors (Lipinski definition) is 3. The molecule has 1 aromatic heterocycles. The molecule has 0 unspecified atom stereocenters. The van der Waals surface area contributed by atoms with E-state index in [2.05, 4.69) is 20.9 Å². The Morgan fingerprint density at radius 3 is 2.11 bits per heavy atom. The summed E-state index contributed by atoms with van der Waals surface area (Å²) in [7, 11) is -3.59. The van der Waals surface area contributed by atoms with Gasteiger partial charge in [0.1, 0.15) is 0 Å². The fourth-order valence-electron chi connectivity index (χ4n) is 3.38. The van der Waals surface area contributed by atoms with Crippen LogP contribution in [0.15, 0.2) is 58.8 Å². The zero-order chi connectivity index (χ0) is 27.7. The minimum atomic E-state index is -3.59. The Balaban J connectivity index is 1.47. The maximum Gasteiger partial charge on any atom is 0.257 e. The van der Waals surface area contributed by atoms with Crippen molar-refractivity contribution in [3.63, 3.8) is 0 Å². The average Bonchev–Trinajstić information content (AvgIpc) is 3.32. The Morgan fingerprint density at radius 2 is 1.53 bits per heavy atom. The van der Waals surface area contributed by atoms with Gasteiger partial charge >= 0.3 is 0 Å². The third-order valence-corrected chi connectivity index (χ3v) is 9.04. The summed E-state index contributed by atoms with van der Waals surface area (Å²) in [6.07, 6.45) is 0. The van der Waals surface area contributed by atoms with Gasteiger partial charge in [-0.25, -0.2) is 13.4 Å². The van der Waals surface area contributed by atoms with E-state index in [0.717, 1.165) is 5.69 Å². The number of aromatic nitrogens is 1. The number of thiazole rings is 1. The molecule has 0 spiro atoms. The summed E-state index contributed by atoms with van der Waals surface area (Å²) < 4.78 is 26.6. The monoisotopic (exact) mass is 575 g/mol. The van der Waals surface area contributed by atoms with Gasteiger partial charge in [-0.1, -0.05) is 13.8 Å². The minimum absolute atomic E-state index is 0.136. The van der Waals surface area contributed by atoms with Crippen LogP contribution < -0.4 is 16.0 Å². The van der Waals surface area contributed by atoms with Gasteiger partial charge in [0, 0.05) is 48.1 Å². The third kappa shape index (κ3) is 8.12. The molecule has 3 rings (SSSR count). The van der Waals surface area contributed by atoms with Crippen LogP contribution in [0.25, 0.3) is 0 Å². The normalized spacial score (nSPS) is 11.3. The molecule has 0 aliphatic rings. The SMILES string of the molecule is CCN(CC)S(=O)(=O)c1ccc(C(=O)Nc2nc(CSCC(=O)Nc3ccc(NC(C)=O)cc3)cs2)cc1. The number of rotatable bonds is 12. The zero-order valence-corrected chi connectivity index (χ0v) is 23.6. The third-order valence-electron chi connectivity index (χ3n) is 5.20. The van der Waals surface area contributed by atoms with Gasteiger partial charge in [-0.3, -0.25) is 19.7 Å². The fraction of sp³-hybridized carbons (Fsp3) is 0.280. The topological polar surface area (TPSA) is 138 Å². The molecule has 0 bridgehead atoms. The molecule has 0 fully saturated rings. The van der Waals surface area contributed by atoms with E-state index in [1.165, 1.54) is 58.6 Å². The van der Waals surface area contributed by atoms with Gasteiger partial charge in [0.15, 0.2) is 5.13 Å². The number of sulfonamides is 1. The number of benzene rings is 2. The first-order chi connectivity index (χ1) is 18.1. The summed E-state index contributed by atoms with van der Waals surface area (Å²) >= 11 is 2.65. The minimum Gasteiger partial charge on any atom is -0.326 e. The van der Waals surface area contributed by atoms with Gasteiger partial charge in [0.2, 0.25) is 21.8 Å². The molecule has 0 atom stereocenters. The highest BCUT2D eigenvalue weighted by Crippen LogP contribution is 2.22. The molecule has 3 amide bonds. The summed E-state index contributed by atoms with van der Waals surface area (Å²) in [5.74, 6) is -0.0263. The largest absolute Gasteiger partial charge is 0.326 e. The molecule has 3 aromatic rings. The zero-order valence-electron chi connectivity index (χ0n) is 21.2. The summed E-state index contributed by atoms with van der Waals surface area (Å²) in [4.78, 5) is 40.4. The molecular formula is C25H29N5O5S3. The van der Waals surface area contributed by atoms with E-state index in [1.54, 1.807) is 43.5 Å². The second-order valence-corrected chi connectivity index (χ2v) is 11.8. The van der Waals surface area contributed by atoms with Crippen molar-refractivity contribution in [2.24, 2.45) is 0 Å². The first kappa shape index (κ1) is 29.3. The number of carbonyl (C=O) groups is 3. The Bertz CT molecular complexity index is 1370. The lowest BCUT2D eigenvalue weighted by Crippen LogP contribution is -2.30. The van der Waals surface area contributed by atoms with Gasteiger partial charge in [-0.05, 0) is 48.5 Å². The van der Waals surface area contributed by atoms with Crippen LogP contribution in [0, 0.1) is 0 Å². The summed E-state index contributed by atoms with van der Waals surface area (Å²) in [6, 6.07) is 12.6. The number of nitrogens with one attached hydrogen (secondary N) is 3. The van der Waals surface area contributed by atoms with Gasteiger partial charge in [0.05, 0.1) is 16.3 Å². The maximum absolute atomic E-state index is 12.6. The molecule has 202 valence electrons. The molecule has 0 saturated heterocycles. The molecule has 0 aliphatic heterocycles. The van der Waals surface area contributed by atoms with Crippen molar-refractivity contribution >= 4 is 67.3 Å². The molecule has 0 aliphatic carbocycles. The van der Waals surface area contributed by atoms with Crippen LogP contribution in [0.3, 0.4) is 0 Å². The van der Waals surface area contributed by atoms with Crippen molar-refractivity contribution in [2.45, 2.75) is 31.4 Å². The van der Waals surface area contributed by atoms with Crippen molar-refractivity contribution < 1.29 is 22.8 Å². The number of nitrogens with zero attached hydrogens (tertiary/aromatic N) is 2. The molecule has 1 heterocycles. The van der Waals surface area contributed by atoms with E-state index in [-0.39, 0.29) is 22.5 Å². The number of carbonyl (C=O) groups excluding carboxylic acids is 3. The van der Waals surface area contributed by atoms with Gasteiger partial charge in [-0.15, -0.1) is 23.1 Å². The van der Waals surface area contributed by atoms with Crippen molar-refractivity contribution in [1.82, 2.24) is 9.29 Å². The lowest BCUT2D eigenvalue weighted by Gasteiger charge is -2.18. The van der Waals surface area contributed by atoms with E-state index >= 15 is 0 Å². The smallest absolute Gasteiger partial charge is 0.257 e. The van der Waals surface area contributed by atoms with E-state index in [1.807, 2.05) is 0 Å². The lowest BCUT2D eigenvalue weighted by molar-refractivity contribution is -0.114. The van der Waals surface area contributed by atoms with E-state index in [4.69, 9.17) is 0 Å². The number of thioether (sulfide) groups is 1. The van der Waals surface area contributed by atoms with Gasteiger partial charge in [-0.2, -0.15) is 4.31 Å². The maximum atomic E-state index is 12.6. The highest BCUT2D eigenvalue weighted by Gasteiger charge is 2.21. The predicted octanol–water partition coefficient (Wildman–Crippen LogP) is 4.26. The number of anilines is 3. The Hall–Kier alpha value is -3.26. The van der Waals surface area contributed by atoms with Crippen molar-refractivity contribution in [3.8, 4) is 0 Å². The van der Waals surface area contributed by atoms with Crippen LogP contribution >= 0.6 is 23.1 Å². The van der Waals surface area contributed by atoms with Crippen LogP contribution in [0.1, 0.15) is 36.8 Å². The first-order valence-corrected chi connectivity index (χ1v) is 15.2. The van der Waals surface area contributed by atoms with Crippen molar-refractivity contribution in [1.29, 1.82) is 0 Å². The molecule has 38 heavy (non-hydrogen) atoms. The average molecular weight is 576 g/mol. The molecular weight excluding hydrogens is 547 g/mol. The lowest BCUT2D eigenvalue weighted by atomic mass is 10.2. The molecule has 2 aromatic carbocycles. The van der Waals surface area contributed by atoms with Crippen molar-refractivity contribution in [2.75, 3.05) is 34.8 Å². The van der Waals surface area contributed by atoms with Crippen LogP contribution in [0.4, 0.5) is 16.5 Å². The van der Waals surface area contributed by atoms with Gasteiger partial charge < -0.3 is 10.6 Å². The second kappa shape index (κ2) is 13.5. The van der Waals surface area contributed by atoms with Crippen LogP contribution in [-0.2, 0) is 25.4 Å². The Kier molecular flexibility index (Phi) is 10.4. The highest BCUT2D eigenvalue weighted by atomic mass is 32.2. The molecule has 0 saturated carbocycles. The first-order valence-electron chi connectivity index (χ1n) is 11.7. The highest BCUT2D eigenvalue weighted by molar-refractivity contribution is 7.99. The molecule has 13 heteroatoms. The Labute approximate surface area is 230 Å². The van der Waals surface area contributed by atoms with E-state index < -0.39 is 15.9 Å². The standard InChI is InChI=1S/C25H29N5O5S3/c1-4-30(5-2)38(34,35)22-12-6-18(7-13-22)24(33)29-25-28-21(15-37-25)14-36-16-23(32)27-20-10-8-19(9-11-20)26-17(3)31/h6-13,15H,4-5,14,16H2,1-3H3,(H,26,31)(H,27,32)(H,28,29,33). The molecule has 0 radical (unpaired) electrons. The summed E-state index contributed by atoms with van der Waals surface area (Å²) in [5, 5.41) is 10.4. The van der Waals surface area contributed by atoms with Crippen LogP contribution in [-0.4, -0.2) is 54.3 Å². The second-order valence-electron chi connectivity index (χ2n) is 8.01.